The van der Waals surface area contributed by atoms with Crippen LogP contribution in [0.15, 0.2) is 6.07 Å². The molecule has 1 aromatic rings. The lowest BCUT2D eigenvalue weighted by molar-refractivity contribution is 0.0691. The Morgan fingerprint density at radius 1 is 1.57 bits per heavy atom. The van der Waals surface area contributed by atoms with Gasteiger partial charge < -0.3 is 10.1 Å². The summed E-state index contributed by atoms with van der Waals surface area (Å²) in [6.45, 7) is 4.45. The lowest BCUT2D eigenvalue weighted by Crippen LogP contribution is -2.21. The van der Waals surface area contributed by atoms with E-state index in [-0.39, 0.29) is 0 Å². The molecule has 3 heteroatoms. The van der Waals surface area contributed by atoms with E-state index in [1.165, 1.54) is 5.56 Å². The van der Waals surface area contributed by atoms with Gasteiger partial charge in [0.05, 0.1) is 0 Å². The molecule has 0 radical (unpaired) electrons. The monoisotopic (exact) mass is 193 g/mol. The van der Waals surface area contributed by atoms with Crippen LogP contribution in [0.3, 0.4) is 0 Å². The van der Waals surface area contributed by atoms with Gasteiger partial charge in [0, 0.05) is 5.69 Å². The average Bonchev–Trinajstić information content (AvgIpc) is 2.45. The van der Waals surface area contributed by atoms with Crippen LogP contribution in [-0.4, -0.2) is 16.1 Å². The third-order valence-corrected chi connectivity index (χ3v) is 2.94. The molecule has 2 rings (SSSR count). The second-order valence-corrected chi connectivity index (χ2v) is 4.83. The molecule has 1 aliphatic carbocycles. The van der Waals surface area contributed by atoms with Crippen molar-refractivity contribution in [2.45, 2.75) is 33.1 Å². The Morgan fingerprint density at radius 3 is 2.93 bits per heavy atom. The van der Waals surface area contributed by atoms with Crippen molar-refractivity contribution < 1.29 is 9.90 Å². The summed E-state index contributed by atoms with van der Waals surface area (Å²) in [5, 5.41) is 8.83. The number of rotatable bonds is 1. The fourth-order valence-electron chi connectivity index (χ4n) is 2.10. The maximum absolute atomic E-state index is 10.7. The van der Waals surface area contributed by atoms with Crippen LogP contribution in [0.1, 0.15) is 42.0 Å². The Morgan fingerprint density at radius 2 is 2.29 bits per heavy atom. The van der Waals surface area contributed by atoms with Crippen LogP contribution in [0, 0.1) is 5.41 Å². The Balaban J connectivity index is 2.34. The number of aromatic nitrogens is 1. The Labute approximate surface area is 83.1 Å². The molecular formula is C11H15NO2. The zero-order valence-corrected chi connectivity index (χ0v) is 8.55. The molecule has 0 spiro atoms. The fourth-order valence-corrected chi connectivity index (χ4v) is 2.10. The molecule has 0 fully saturated rings. The molecule has 0 saturated carbocycles. The van der Waals surface area contributed by atoms with E-state index in [4.69, 9.17) is 5.11 Å². The van der Waals surface area contributed by atoms with E-state index in [0.717, 1.165) is 25.0 Å². The van der Waals surface area contributed by atoms with Gasteiger partial charge in [-0.25, -0.2) is 4.79 Å². The zero-order valence-electron chi connectivity index (χ0n) is 8.55. The van der Waals surface area contributed by atoms with E-state index in [0.29, 0.717) is 11.1 Å². The molecule has 1 aliphatic rings. The van der Waals surface area contributed by atoms with Crippen LogP contribution in [0.4, 0.5) is 0 Å². The molecular weight excluding hydrogens is 178 g/mol. The Kier molecular flexibility index (Phi) is 1.91. The van der Waals surface area contributed by atoms with Gasteiger partial charge in [0.1, 0.15) is 5.69 Å². The molecule has 0 aromatic carbocycles. The number of carboxylic acids is 1. The number of aromatic amines is 1. The summed E-state index contributed by atoms with van der Waals surface area (Å²) in [6.07, 6.45) is 3.07. The van der Waals surface area contributed by atoms with Crippen molar-refractivity contribution in [2.75, 3.05) is 0 Å². The second kappa shape index (κ2) is 2.87. The first-order valence-electron chi connectivity index (χ1n) is 4.92. The predicted molar refractivity (Wildman–Crippen MR) is 53.6 cm³/mol. The lowest BCUT2D eigenvalue weighted by atomic mass is 9.77. The topological polar surface area (TPSA) is 53.1 Å². The summed E-state index contributed by atoms with van der Waals surface area (Å²) < 4.78 is 0. The third-order valence-electron chi connectivity index (χ3n) is 2.94. The Hall–Kier alpha value is -1.25. The van der Waals surface area contributed by atoms with Crippen LogP contribution in [0.5, 0.6) is 0 Å². The van der Waals surface area contributed by atoms with Gasteiger partial charge in [-0.05, 0) is 36.3 Å². The first kappa shape index (κ1) is 9.31. The first-order valence-corrected chi connectivity index (χ1v) is 4.92. The number of nitrogens with one attached hydrogen (secondary N) is 1. The highest BCUT2D eigenvalue weighted by molar-refractivity contribution is 5.86. The summed E-state index contributed by atoms with van der Waals surface area (Å²) in [6, 6.07) is 1.78. The molecule has 0 amide bonds. The molecule has 1 heterocycles. The number of carboxylic acid groups (broad SMARTS) is 1. The highest BCUT2D eigenvalue weighted by atomic mass is 16.4. The lowest BCUT2D eigenvalue weighted by Gasteiger charge is -2.29. The van der Waals surface area contributed by atoms with Crippen molar-refractivity contribution in [3.8, 4) is 0 Å². The largest absolute Gasteiger partial charge is 0.477 e. The van der Waals surface area contributed by atoms with E-state index >= 15 is 0 Å². The highest BCUT2D eigenvalue weighted by Gasteiger charge is 2.27. The van der Waals surface area contributed by atoms with Crippen LogP contribution in [0.2, 0.25) is 0 Å². The number of H-pyrrole nitrogens is 1. The number of carbonyl (C=O) groups is 1. The molecule has 0 atom stereocenters. The molecule has 76 valence electrons. The molecule has 3 nitrogen and oxygen atoms in total. The van der Waals surface area contributed by atoms with Gasteiger partial charge in [-0.3, -0.25) is 0 Å². The van der Waals surface area contributed by atoms with E-state index in [9.17, 15) is 4.79 Å². The SMILES string of the molecule is CC1(C)CCc2[nH]c(C(=O)O)cc2C1. The number of hydrogen-bond donors (Lipinski definition) is 2. The summed E-state index contributed by atoms with van der Waals surface area (Å²) in [4.78, 5) is 13.7. The highest BCUT2D eigenvalue weighted by Crippen LogP contribution is 2.34. The fraction of sp³-hybridized carbons (Fsp3) is 0.545. The van der Waals surface area contributed by atoms with Gasteiger partial charge in [0.25, 0.3) is 0 Å². The van der Waals surface area contributed by atoms with Crippen molar-refractivity contribution in [2.24, 2.45) is 5.41 Å². The summed E-state index contributed by atoms with van der Waals surface area (Å²) in [5.74, 6) is -0.864. The zero-order chi connectivity index (χ0) is 10.3. The van der Waals surface area contributed by atoms with Crippen molar-refractivity contribution in [1.29, 1.82) is 0 Å². The van der Waals surface area contributed by atoms with Gasteiger partial charge in [0.15, 0.2) is 0 Å². The molecule has 0 bridgehead atoms. The van der Waals surface area contributed by atoms with Crippen molar-refractivity contribution >= 4 is 5.97 Å². The molecule has 14 heavy (non-hydrogen) atoms. The summed E-state index contributed by atoms with van der Waals surface area (Å²) in [7, 11) is 0. The number of fused-ring (bicyclic) bond motifs is 1. The average molecular weight is 193 g/mol. The van der Waals surface area contributed by atoms with Gasteiger partial charge in [-0.1, -0.05) is 13.8 Å². The minimum absolute atomic E-state index is 0.310. The normalized spacial score (nSPS) is 19.0. The van der Waals surface area contributed by atoms with Crippen LogP contribution in [-0.2, 0) is 12.8 Å². The van der Waals surface area contributed by atoms with Gasteiger partial charge >= 0.3 is 5.97 Å². The number of aromatic carboxylic acids is 1. The number of aryl methyl sites for hydroxylation is 1. The van der Waals surface area contributed by atoms with Crippen molar-refractivity contribution in [3.05, 3.63) is 23.0 Å². The molecule has 0 saturated heterocycles. The van der Waals surface area contributed by atoms with Crippen LogP contribution < -0.4 is 0 Å². The molecule has 1 aromatic heterocycles. The van der Waals surface area contributed by atoms with Gasteiger partial charge in [-0.15, -0.1) is 0 Å². The van der Waals surface area contributed by atoms with Gasteiger partial charge in [0.2, 0.25) is 0 Å². The van der Waals surface area contributed by atoms with E-state index in [1.54, 1.807) is 6.07 Å². The second-order valence-electron chi connectivity index (χ2n) is 4.83. The van der Waals surface area contributed by atoms with Crippen molar-refractivity contribution in [3.63, 3.8) is 0 Å². The quantitative estimate of drug-likeness (QED) is 0.718. The minimum Gasteiger partial charge on any atom is -0.477 e. The maximum atomic E-state index is 10.7. The summed E-state index contributed by atoms with van der Waals surface area (Å²) >= 11 is 0. The minimum atomic E-state index is -0.864. The standard InChI is InChI=1S/C11H15NO2/c1-11(2)4-3-8-7(6-11)5-9(12-8)10(13)14/h5,12H,3-4,6H2,1-2H3,(H,13,14). The van der Waals surface area contributed by atoms with E-state index in [2.05, 4.69) is 18.8 Å². The Bertz CT molecular complexity index is 377. The van der Waals surface area contributed by atoms with Crippen molar-refractivity contribution in [1.82, 2.24) is 4.98 Å². The molecule has 2 N–H and O–H groups in total. The third kappa shape index (κ3) is 1.54. The number of hydrogen-bond acceptors (Lipinski definition) is 1. The van der Waals surface area contributed by atoms with Gasteiger partial charge in [-0.2, -0.15) is 0 Å². The maximum Gasteiger partial charge on any atom is 0.352 e. The first-order chi connectivity index (χ1) is 6.48. The van der Waals surface area contributed by atoms with E-state index < -0.39 is 5.97 Å². The van der Waals surface area contributed by atoms with Crippen LogP contribution >= 0.6 is 0 Å². The molecule has 0 unspecified atom stereocenters. The predicted octanol–water partition coefficient (Wildman–Crippen LogP) is 2.23. The smallest absolute Gasteiger partial charge is 0.352 e. The van der Waals surface area contributed by atoms with Crippen LogP contribution in [0.25, 0.3) is 0 Å². The molecule has 0 aliphatic heterocycles. The van der Waals surface area contributed by atoms with E-state index in [1.807, 2.05) is 0 Å². The summed E-state index contributed by atoms with van der Waals surface area (Å²) in [5.41, 5.74) is 2.93.